The molecule has 0 aromatic carbocycles. The number of esters is 3. The molecule has 12 heteroatoms. The molecule has 0 radical (unpaired) electrons. The van der Waals surface area contributed by atoms with E-state index in [1.165, 1.54) is 0 Å². The molecule has 10 atom stereocenters. The van der Waals surface area contributed by atoms with Crippen molar-refractivity contribution >= 4 is 17.9 Å². The van der Waals surface area contributed by atoms with Crippen LogP contribution in [0, 0.1) is 17.8 Å². The first-order chi connectivity index (χ1) is 16.8. The molecule has 6 N–H and O–H groups in total. The zero-order valence-corrected chi connectivity index (χ0v) is 21.9. The number of carbonyl (C=O) groups excluding carboxylic acids is 3. The van der Waals surface area contributed by atoms with Gasteiger partial charge in [-0.25, -0.2) is 14.4 Å². The molecule has 0 fully saturated rings. The van der Waals surface area contributed by atoms with Crippen molar-refractivity contribution < 1.29 is 59.2 Å². The Labute approximate surface area is 212 Å². The molecule has 0 aliphatic carbocycles. The van der Waals surface area contributed by atoms with E-state index in [4.69, 9.17) is 19.3 Å². The molecule has 0 rings (SSSR count). The molecule has 0 amide bonds. The van der Waals surface area contributed by atoms with Gasteiger partial charge >= 0.3 is 17.9 Å². The van der Waals surface area contributed by atoms with Crippen LogP contribution in [0.2, 0.25) is 0 Å². The predicted octanol–water partition coefficient (Wildman–Crippen LogP) is -0.712. The second-order valence-electron chi connectivity index (χ2n) is 9.24. The summed E-state index contributed by atoms with van der Waals surface area (Å²) >= 11 is 0. The number of hydrogen-bond donors (Lipinski definition) is 6. The Morgan fingerprint density at radius 1 is 0.639 bits per heavy atom. The Balaban J connectivity index is 5.45. The van der Waals surface area contributed by atoms with Crippen LogP contribution in [0.4, 0.5) is 0 Å². The van der Waals surface area contributed by atoms with E-state index in [9.17, 15) is 39.9 Å². The molecule has 0 spiro atoms. The molecule has 0 heterocycles. The predicted molar refractivity (Wildman–Crippen MR) is 126 cm³/mol. The quantitative estimate of drug-likeness (QED) is 0.103. The van der Waals surface area contributed by atoms with E-state index in [0.29, 0.717) is 19.3 Å². The molecule has 0 aliphatic rings. The van der Waals surface area contributed by atoms with E-state index in [-0.39, 0.29) is 0 Å². The SMILES string of the molecule is CC[C@@H](C)[C@@H](O)C(=O)O[C@H](C(=O)O[C@H](C(=O)OC[C@H](O)[C@H](O)[C@H](O)[C@H](O)CO)[C@@H](C)CC)[C@@H](C)CC. The Morgan fingerprint density at radius 2 is 1.06 bits per heavy atom. The Morgan fingerprint density at radius 3 is 1.50 bits per heavy atom. The topological polar surface area (TPSA) is 200 Å². The maximum atomic E-state index is 13.0. The van der Waals surface area contributed by atoms with E-state index >= 15 is 0 Å². The lowest BCUT2D eigenvalue weighted by atomic mass is 9.99. The van der Waals surface area contributed by atoms with Crippen LogP contribution < -0.4 is 0 Å². The van der Waals surface area contributed by atoms with Crippen molar-refractivity contribution in [3.8, 4) is 0 Å². The summed E-state index contributed by atoms with van der Waals surface area (Å²) in [4.78, 5) is 38.0. The van der Waals surface area contributed by atoms with Gasteiger partial charge in [-0.15, -0.1) is 0 Å². The third-order valence-corrected chi connectivity index (χ3v) is 6.42. The fourth-order valence-corrected chi connectivity index (χ4v) is 2.98. The van der Waals surface area contributed by atoms with Crippen LogP contribution in [-0.2, 0) is 28.6 Å². The average molecular weight is 525 g/mol. The molecule has 212 valence electrons. The summed E-state index contributed by atoms with van der Waals surface area (Å²) in [5, 5.41) is 57.9. The lowest BCUT2D eigenvalue weighted by Gasteiger charge is -2.28. The smallest absolute Gasteiger partial charge is 0.348 e. The van der Waals surface area contributed by atoms with Gasteiger partial charge in [0.1, 0.15) is 31.0 Å². The van der Waals surface area contributed by atoms with Crippen molar-refractivity contribution in [2.75, 3.05) is 13.2 Å². The Bertz CT molecular complexity index is 671. The van der Waals surface area contributed by atoms with E-state index in [2.05, 4.69) is 0 Å². The highest BCUT2D eigenvalue weighted by atomic mass is 16.6. The van der Waals surface area contributed by atoms with Crippen LogP contribution in [0.3, 0.4) is 0 Å². The van der Waals surface area contributed by atoms with Gasteiger partial charge in [-0.3, -0.25) is 0 Å². The first kappa shape index (κ1) is 34.2. The molecule has 0 unspecified atom stereocenters. The summed E-state index contributed by atoms with van der Waals surface area (Å²) in [6.07, 6.45) is -10.3. The van der Waals surface area contributed by atoms with Crippen molar-refractivity contribution in [3.05, 3.63) is 0 Å². The lowest BCUT2D eigenvalue weighted by Crippen LogP contribution is -2.48. The van der Waals surface area contributed by atoms with Gasteiger partial charge in [-0.05, 0) is 18.8 Å². The minimum atomic E-state index is -1.93. The van der Waals surface area contributed by atoms with Crippen molar-refractivity contribution in [2.45, 2.75) is 104 Å². The van der Waals surface area contributed by atoms with E-state index < -0.39 is 91.6 Å². The molecule has 36 heavy (non-hydrogen) atoms. The summed E-state index contributed by atoms with van der Waals surface area (Å²) in [7, 11) is 0. The number of aliphatic hydroxyl groups excluding tert-OH is 6. The van der Waals surface area contributed by atoms with Crippen molar-refractivity contribution in [3.63, 3.8) is 0 Å². The highest BCUT2D eigenvalue weighted by Crippen LogP contribution is 2.21. The summed E-state index contributed by atoms with van der Waals surface area (Å²) in [6.45, 7) is 8.54. The van der Waals surface area contributed by atoms with E-state index in [1.54, 1.807) is 41.5 Å². The zero-order valence-electron chi connectivity index (χ0n) is 21.9. The fourth-order valence-electron chi connectivity index (χ4n) is 2.98. The summed E-state index contributed by atoms with van der Waals surface area (Å²) in [6, 6.07) is 0. The summed E-state index contributed by atoms with van der Waals surface area (Å²) in [5.74, 6) is -4.45. The van der Waals surface area contributed by atoms with Crippen LogP contribution in [0.5, 0.6) is 0 Å². The van der Waals surface area contributed by atoms with Crippen molar-refractivity contribution in [1.29, 1.82) is 0 Å². The van der Waals surface area contributed by atoms with Gasteiger partial charge in [0, 0.05) is 11.8 Å². The van der Waals surface area contributed by atoms with Crippen LogP contribution in [0.15, 0.2) is 0 Å². The van der Waals surface area contributed by atoms with Crippen LogP contribution in [0.25, 0.3) is 0 Å². The second-order valence-corrected chi connectivity index (χ2v) is 9.24. The third-order valence-electron chi connectivity index (χ3n) is 6.42. The normalized spacial score (nSPS) is 20.0. The van der Waals surface area contributed by atoms with Crippen LogP contribution >= 0.6 is 0 Å². The molecule has 0 saturated heterocycles. The molecule has 12 nitrogen and oxygen atoms in total. The van der Waals surface area contributed by atoms with Crippen molar-refractivity contribution in [2.24, 2.45) is 17.8 Å². The largest absolute Gasteiger partial charge is 0.460 e. The minimum Gasteiger partial charge on any atom is -0.460 e. The van der Waals surface area contributed by atoms with Crippen LogP contribution in [0.1, 0.15) is 60.8 Å². The van der Waals surface area contributed by atoms with Gasteiger partial charge in [0.25, 0.3) is 0 Å². The number of hydrogen-bond acceptors (Lipinski definition) is 12. The first-order valence-corrected chi connectivity index (χ1v) is 12.4. The van der Waals surface area contributed by atoms with Gasteiger partial charge in [0.15, 0.2) is 6.10 Å². The third kappa shape index (κ3) is 10.3. The molecule has 0 aromatic heterocycles. The standard InChI is InChI=1S/C24H44O12/c1-7-12(4)17(28)22(31)35-21(14(6)9-3)24(33)36-20(13(5)8-2)23(32)34-11-16(27)19(30)18(29)15(26)10-25/h12-21,25-30H,7-11H2,1-6H3/t12-,13+,14+,15-,16+,17-,18-,19+,20+,21+/m1/s1. The highest BCUT2D eigenvalue weighted by molar-refractivity contribution is 5.84. The maximum absolute atomic E-state index is 13.0. The highest BCUT2D eigenvalue weighted by Gasteiger charge is 2.38. The number of carbonyl (C=O) groups is 3. The number of ether oxygens (including phenoxy) is 3. The minimum absolute atomic E-state index is 0.389. The molecule has 0 saturated carbocycles. The molecule has 0 aromatic rings. The molecule has 0 bridgehead atoms. The zero-order chi connectivity index (χ0) is 28.2. The van der Waals surface area contributed by atoms with E-state index in [0.717, 1.165) is 0 Å². The van der Waals surface area contributed by atoms with Gasteiger partial charge < -0.3 is 44.8 Å². The first-order valence-electron chi connectivity index (χ1n) is 12.4. The molecule has 0 aliphatic heterocycles. The number of rotatable bonds is 17. The Kier molecular flexibility index (Phi) is 16.0. The molecular formula is C24H44O12. The van der Waals surface area contributed by atoms with Gasteiger partial charge in [-0.1, -0.05) is 48.0 Å². The number of aliphatic hydroxyl groups is 6. The molecular weight excluding hydrogens is 480 g/mol. The van der Waals surface area contributed by atoms with Gasteiger partial charge in [0.05, 0.1) is 6.61 Å². The van der Waals surface area contributed by atoms with Gasteiger partial charge in [0.2, 0.25) is 12.2 Å². The Hall–Kier alpha value is -1.83. The summed E-state index contributed by atoms with van der Waals surface area (Å²) in [5.41, 5.74) is 0. The maximum Gasteiger partial charge on any atom is 0.348 e. The summed E-state index contributed by atoms with van der Waals surface area (Å²) < 4.78 is 15.6. The fraction of sp³-hybridized carbons (Fsp3) is 0.875. The average Bonchev–Trinajstić information content (AvgIpc) is 2.89. The van der Waals surface area contributed by atoms with Gasteiger partial charge in [-0.2, -0.15) is 0 Å². The second kappa shape index (κ2) is 16.8. The van der Waals surface area contributed by atoms with Crippen LogP contribution in [-0.4, -0.2) is 104 Å². The lowest BCUT2D eigenvalue weighted by molar-refractivity contribution is -0.190. The van der Waals surface area contributed by atoms with Crippen molar-refractivity contribution in [1.82, 2.24) is 0 Å². The van der Waals surface area contributed by atoms with E-state index in [1.807, 2.05) is 0 Å². The monoisotopic (exact) mass is 524 g/mol.